The molecule has 4 heteroatoms. The first kappa shape index (κ1) is 10.3. The minimum Gasteiger partial charge on any atom is -0.490 e. The van der Waals surface area contributed by atoms with E-state index in [9.17, 15) is 0 Å². The number of rotatable bonds is 0. The lowest BCUT2D eigenvalue weighted by molar-refractivity contribution is 0.287. The predicted octanol–water partition coefficient (Wildman–Crippen LogP) is 2.97. The summed E-state index contributed by atoms with van der Waals surface area (Å²) in [6.45, 7) is 3.55. The van der Waals surface area contributed by atoms with Gasteiger partial charge >= 0.3 is 0 Å². The van der Waals surface area contributed by atoms with Crippen molar-refractivity contribution in [1.82, 2.24) is 5.32 Å². The summed E-state index contributed by atoms with van der Waals surface area (Å²) in [6, 6.07) is 4.25. The molecule has 76 valence electrons. The first-order valence-electron chi connectivity index (χ1n) is 4.51. The van der Waals surface area contributed by atoms with Crippen molar-refractivity contribution in [3.8, 4) is 5.75 Å². The summed E-state index contributed by atoms with van der Waals surface area (Å²) in [7, 11) is 0. The van der Waals surface area contributed by atoms with Gasteiger partial charge in [-0.05, 0) is 19.1 Å². The van der Waals surface area contributed by atoms with Gasteiger partial charge in [0.15, 0.2) is 0 Å². The maximum atomic E-state index is 6.08. The van der Waals surface area contributed by atoms with Crippen molar-refractivity contribution in [2.24, 2.45) is 0 Å². The molecule has 0 fully saturated rings. The molecule has 0 unspecified atom stereocenters. The van der Waals surface area contributed by atoms with Gasteiger partial charge in [-0.1, -0.05) is 27.5 Å². The standard InChI is InChI=1S/C10H11BrClNO/c1-6-5-14-10-7(4-13-6)2-8(11)3-9(10)12/h2-3,6,13H,4-5H2,1H3/t6-/m1/s1. The summed E-state index contributed by atoms with van der Waals surface area (Å²) in [6.07, 6.45) is 0. The second kappa shape index (κ2) is 4.09. The Hall–Kier alpha value is -0.250. The highest BCUT2D eigenvalue weighted by Crippen LogP contribution is 2.33. The Labute approximate surface area is 96.7 Å². The van der Waals surface area contributed by atoms with Gasteiger partial charge in [-0.25, -0.2) is 0 Å². The average Bonchev–Trinajstić information content (AvgIpc) is 2.28. The fourth-order valence-corrected chi connectivity index (χ4v) is 2.39. The van der Waals surface area contributed by atoms with E-state index in [4.69, 9.17) is 16.3 Å². The van der Waals surface area contributed by atoms with Crippen molar-refractivity contribution in [1.29, 1.82) is 0 Å². The van der Waals surface area contributed by atoms with E-state index in [0.717, 1.165) is 22.3 Å². The van der Waals surface area contributed by atoms with Crippen molar-refractivity contribution < 1.29 is 4.74 Å². The number of hydrogen-bond donors (Lipinski definition) is 1. The SMILES string of the molecule is C[C@@H]1COc2c(Cl)cc(Br)cc2CN1. The molecule has 0 spiro atoms. The molecule has 1 aliphatic heterocycles. The zero-order valence-electron chi connectivity index (χ0n) is 7.81. The number of halogens is 2. The molecule has 1 aromatic carbocycles. The van der Waals surface area contributed by atoms with Crippen LogP contribution >= 0.6 is 27.5 Å². The van der Waals surface area contributed by atoms with Crippen molar-refractivity contribution >= 4 is 27.5 Å². The van der Waals surface area contributed by atoms with Gasteiger partial charge in [0.1, 0.15) is 12.4 Å². The van der Waals surface area contributed by atoms with Crippen LogP contribution in [0.2, 0.25) is 5.02 Å². The molecule has 2 rings (SSSR count). The predicted molar refractivity (Wildman–Crippen MR) is 60.9 cm³/mol. The smallest absolute Gasteiger partial charge is 0.142 e. The third-order valence-electron chi connectivity index (χ3n) is 2.20. The zero-order valence-corrected chi connectivity index (χ0v) is 10.2. The Morgan fingerprint density at radius 3 is 3.14 bits per heavy atom. The van der Waals surface area contributed by atoms with Crippen LogP contribution in [-0.4, -0.2) is 12.6 Å². The van der Waals surface area contributed by atoms with Crippen molar-refractivity contribution in [3.05, 3.63) is 27.2 Å². The van der Waals surface area contributed by atoms with E-state index in [1.165, 1.54) is 0 Å². The molecule has 2 nitrogen and oxygen atoms in total. The molecule has 0 aliphatic carbocycles. The van der Waals surface area contributed by atoms with Gasteiger partial charge in [-0.2, -0.15) is 0 Å². The van der Waals surface area contributed by atoms with E-state index >= 15 is 0 Å². The van der Waals surface area contributed by atoms with E-state index in [2.05, 4.69) is 28.2 Å². The molecule has 1 N–H and O–H groups in total. The van der Waals surface area contributed by atoms with E-state index in [1.807, 2.05) is 12.1 Å². The van der Waals surface area contributed by atoms with Crippen LogP contribution < -0.4 is 10.1 Å². The quantitative estimate of drug-likeness (QED) is 0.786. The van der Waals surface area contributed by atoms with Gasteiger partial charge in [-0.15, -0.1) is 0 Å². The molecule has 0 aromatic heterocycles. The summed E-state index contributed by atoms with van der Waals surface area (Å²) in [5.41, 5.74) is 1.11. The molecular formula is C10H11BrClNO. The summed E-state index contributed by atoms with van der Waals surface area (Å²) in [5, 5.41) is 4.02. The molecule has 1 aliphatic rings. The van der Waals surface area contributed by atoms with Gasteiger partial charge in [0, 0.05) is 22.6 Å². The third-order valence-corrected chi connectivity index (χ3v) is 2.94. The Bertz CT molecular complexity index is 356. The van der Waals surface area contributed by atoms with Crippen LogP contribution in [0.15, 0.2) is 16.6 Å². The molecule has 1 heterocycles. The molecule has 1 atom stereocenters. The highest BCUT2D eigenvalue weighted by molar-refractivity contribution is 9.10. The highest BCUT2D eigenvalue weighted by atomic mass is 79.9. The average molecular weight is 277 g/mol. The van der Waals surface area contributed by atoms with Crippen LogP contribution in [0, 0.1) is 0 Å². The lowest BCUT2D eigenvalue weighted by atomic mass is 10.2. The molecule has 1 aromatic rings. The molecular weight excluding hydrogens is 265 g/mol. The Balaban J connectivity index is 2.40. The second-order valence-corrected chi connectivity index (χ2v) is 4.79. The van der Waals surface area contributed by atoms with Gasteiger partial charge < -0.3 is 10.1 Å². The van der Waals surface area contributed by atoms with Crippen molar-refractivity contribution in [2.45, 2.75) is 19.5 Å². The van der Waals surface area contributed by atoms with E-state index in [1.54, 1.807) is 0 Å². The number of nitrogens with one attached hydrogen (secondary N) is 1. The summed E-state index contributed by atoms with van der Waals surface area (Å²) in [5.74, 6) is 0.812. The molecule has 0 saturated carbocycles. The maximum absolute atomic E-state index is 6.08. The first-order valence-corrected chi connectivity index (χ1v) is 5.68. The van der Waals surface area contributed by atoms with Crippen molar-refractivity contribution in [2.75, 3.05) is 6.61 Å². The largest absolute Gasteiger partial charge is 0.490 e. The lowest BCUT2D eigenvalue weighted by Gasteiger charge is -2.09. The van der Waals surface area contributed by atoms with Gasteiger partial charge in [-0.3, -0.25) is 0 Å². The second-order valence-electron chi connectivity index (χ2n) is 3.47. The van der Waals surface area contributed by atoms with Gasteiger partial charge in [0.05, 0.1) is 5.02 Å². The number of benzene rings is 1. The number of ether oxygens (including phenoxy) is 1. The van der Waals surface area contributed by atoms with Crippen LogP contribution in [-0.2, 0) is 6.54 Å². The molecule has 14 heavy (non-hydrogen) atoms. The number of hydrogen-bond acceptors (Lipinski definition) is 2. The Morgan fingerprint density at radius 2 is 2.36 bits per heavy atom. The summed E-state index contributed by atoms with van der Waals surface area (Å²) < 4.78 is 6.62. The topological polar surface area (TPSA) is 21.3 Å². The van der Waals surface area contributed by atoms with Crippen LogP contribution in [0.5, 0.6) is 5.75 Å². The van der Waals surface area contributed by atoms with Gasteiger partial charge in [0.25, 0.3) is 0 Å². The minimum absolute atomic E-state index is 0.359. The monoisotopic (exact) mass is 275 g/mol. The Morgan fingerprint density at radius 1 is 1.57 bits per heavy atom. The lowest BCUT2D eigenvalue weighted by Crippen LogP contribution is -2.28. The third kappa shape index (κ3) is 2.05. The van der Waals surface area contributed by atoms with E-state index in [0.29, 0.717) is 17.7 Å². The van der Waals surface area contributed by atoms with Gasteiger partial charge in [0.2, 0.25) is 0 Å². The minimum atomic E-state index is 0.359. The summed E-state index contributed by atoms with van der Waals surface area (Å²) >= 11 is 9.50. The van der Waals surface area contributed by atoms with E-state index < -0.39 is 0 Å². The first-order chi connectivity index (χ1) is 6.66. The normalized spacial score (nSPS) is 20.9. The molecule has 0 saturated heterocycles. The van der Waals surface area contributed by atoms with Crippen LogP contribution in [0.4, 0.5) is 0 Å². The molecule has 0 amide bonds. The van der Waals surface area contributed by atoms with Crippen LogP contribution in [0.1, 0.15) is 12.5 Å². The Kier molecular flexibility index (Phi) is 3.00. The highest BCUT2D eigenvalue weighted by Gasteiger charge is 2.16. The fraction of sp³-hybridized carbons (Fsp3) is 0.400. The number of fused-ring (bicyclic) bond motifs is 1. The van der Waals surface area contributed by atoms with Crippen molar-refractivity contribution in [3.63, 3.8) is 0 Å². The van der Waals surface area contributed by atoms with Crippen LogP contribution in [0.25, 0.3) is 0 Å². The summed E-state index contributed by atoms with van der Waals surface area (Å²) in [4.78, 5) is 0. The molecule has 0 bridgehead atoms. The maximum Gasteiger partial charge on any atom is 0.142 e. The zero-order chi connectivity index (χ0) is 10.1. The fourth-order valence-electron chi connectivity index (χ4n) is 1.46. The van der Waals surface area contributed by atoms with Crippen LogP contribution in [0.3, 0.4) is 0 Å². The van der Waals surface area contributed by atoms with E-state index in [-0.39, 0.29) is 0 Å². The molecule has 0 radical (unpaired) electrons.